The summed E-state index contributed by atoms with van der Waals surface area (Å²) in [5, 5.41) is 30.5. The fourth-order valence-electron chi connectivity index (χ4n) is 2.60. The van der Waals surface area contributed by atoms with Crippen molar-refractivity contribution in [2.75, 3.05) is 7.05 Å². The van der Waals surface area contributed by atoms with Gasteiger partial charge in [-0.15, -0.1) is 0 Å². The second-order valence-corrected chi connectivity index (χ2v) is 7.33. The molecule has 0 aliphatic carbocycles. The lowest BCUT2D eigenvalue weighted by atomic mass is 10.1. The number of fused-ring (bicyclic) bond motifs is 1. The van der Waals surface area contributed by atoms with Gasteiger partial charge in [-0.05, 0) is 24.3 Å². The first-order valence-corrected chi connectivity index (χ1v) is 8.46. The number of nitriles is 1. The van der Waals surface area contributed by atoms with E-state index in [1.165, 1.54) is 6.07 Å². The van der Waals surface area contributed by atoms with Crippen molar-refractivity contribution in [1.82, 2.24) is 4.31 Å². The highest BCUT2D eigenvalue weighted by molar-refractivity contribution is 7.89. The Kier molecular flexibility index (Phi) is 4.11. The van der Waals surface area contributed by atoms with E-state index in [4.69, 9.17) is 10.00 Å². The first-order chi connectivity index (χ1) is 12.2. The average molecular weight is 379 g/mol. The zero-order valence-electron chi connectivity index (χ0n) is 13.1. The van der Waals surface area contributed by atoms with Gasteiger partial charge in [0.05, 0.1) is 27.0 Å². The zero-order chi connectivity index (χ0) is 19.2. The second-order valence-electron chi connectivity index (χ2n) is 5.37. The average Bonchev–Trinajstić information content (AvgIpc) is 2.74. The van der Waals surface area contributed by atoms with Crippen molar-refractivity contribution in [2.24, 2.45) is 0 Å². The van der Waals surface area contributed by atoms with Crippen molar-refractivity contribution >= 4 is 15.7 Å². The molecule has 1 aliphatic rings. The molecule has 3 rings (SSSR count). The SMILES string of the molecule is CN1C(O)c2c(ccc(Oc3cc(F)cc(C#N)c3)c2[N+](=O)[O-])S1(=O)=O. The molecule has 0 spiro atoms. The van der Waals surface area contributed by atoms with E-state index in [0.29, 0.717) is 4.31 Å². The minimum Gasteiger partial charge on any atom is -0.450 e. The minimum absolute atomic E-state index is 0.0637. The van der Waals surface area contributed by atoms with Crippen molar-refractivity contribution in [3.05, 3.63) is 57.4 Å². The van der Waals surface area contributed by atoms with Gasteiger partial charge in [0, 0.05) is 13.1 Å². The molecule has 11 heteroatoms. The third-order valence-corrected chi connectivity index (χ3v) is 5.68. The first kappa shape index (κ1) is 17.7. The third-order valence-electron chi connectivity index (χ3n) is 3.81. The summed E-state index contributed by atoms with van der Waals surface area (Å²) in [6, 6.07) is 6.85. The number of aliphatic hydroxyl groups excluding tert-OH is 1. The number of nitrogens with zero attached hydrogens (tertiary/aromatic N) is 3. The van der Waals surface area contributed by atoms with Crippen LogP contribution in [0.4, 0.5) is 10.1 Å². The molecule has 26 heavy (non-hydrogen) atoms. The predicted octanol–water partition coefficient (Wildman–Crippen LogP) is 2.02. The van der Waals surface area contributed by atoms with Crippen molar-refractivity contribution in [3.8, 4) is 17.6 Å². The van der Waals surface area contributed by atoms with Crippen LogP contribution in [0.15, 0.2) is 35.2 Å². The van der Waals surface area contributed by atoms with Crippen molar-refractivity contribution in [3.63, 3.8) is 0 Å². The molecule has 0 saturated carbocycles. The lowest BCUT2D eigenvalue weighted by Gasteiger charge is -2.12. The molecule has 0 amide bonds. The fourth-order valence-corrected chi connectivity index (χ4v) is 3.99. The predicted molar refractivity (Wildman–Crippen MR) is 84.2 cm³/mol. The van der Waals surface area contributed by atoms with Gasteiger partial charge in [-0.25, -0.2) is 12.8 Å². The van der Waals surface area contributed by atoms with E-state index in [1.54, 1.807) is 6.07 Å². The highest BCUT2D eigenvalue weighted by Crippen LogP contribution is 2.47. The number of nitro groups is 1. The topological polar surface area (TPSA) is 134 Å². The molecule has 1 atom stereocenters. The molecule has 0 bridgehead atoms. The van der Waals surface area contributed by atoms with Crippen LogP contribution in [0, 0.1) is 27.3 Å². The molecular formula is C15H10FN3O6S. The summed E-state index contributed by atoms with van der Waals surface area (Å²) in [5.41, 5.74) is -1.26. The van der Waals surface area contributed by atoms with Gasteiger partial charge in [0.15, 0.2) is 6.23 Å². The number of rotatable bonds is 3. The molecular weight excluding hydrogens is 369 g/mol. The Balaban J connectivity index is 2.19. The van der Waals surface area contributed by atoms with Crippen LogP contribution >= 0.6 is 0 Å². The Bertz CT molecular complexity index is 1080. The minimum atomic E-state index is -4.08. The molecule has 134 valence electrons. The summed E-state index contributed by atoms with van der Waals surface area (Å²) in [6.45, 7) is 0. The first-order valence-electron chi connectivity index (χ1n) is 7.02. The highest BCUT2D eigenvalue weighted by Gasteiger charge is 2.45. The monoisotopic (exact) mass is 379 g/mol. The Labute approximate surface area is 146 Å². The Morgan fingerprint density at radius 1 is 1.38 bits per heavy atom. The van der Waals surface area contributed by atoms with Crippen LogP contribution in [-0.2, 0) is 10.0 Å². The van der Waals surface area contributed by atoms with Gasteiger partial charge in [0.25, 0.3) is 0 Å². The largest absolute Gasteiger partial charge is 0.450 e. The van der Waals surface area contributed by atoms with Crippen LogP contribution in [0.1, 0.15) is 17.4 Å². The lowest BCUT2D eigenvalue weighted by Crippen LogP contribution is -2.23. The van der Waals surface area contributed by atoms with E-state index in [0.717, 1.165) is 31.3 Å². The smallest absolute Gasteiger partial charge is 0.320 e. The maximum atomic E-state index is 13.5. The van der Waals surface area contributed by atoms with Crippen molar-refractivity contribution < 1.29 is 27.6 Å². The number of hydrogen-bond donors (Lipinski definition) is 1. The van der Waals surface area contributed by atoms with E-state index in [-0.39, 0.29) is 11.3 Å². The number of ether oxygens (including phenoxy) is 1. The number of halogens is 1. The van der Waals surface area contributed by atoms with E-state index < -0.39 is 48.9 Å². The van der Waals surface area contributed by atoms with Crippen LogP contribution in [0.3, 0.4) is 0 Å². The summed E-state index contributed by atoms with van der Waals surface area (Å²) >= 11 is 0. The van der Waals surface area contributed by atoms with Gasteiger partial charge in [-0.2, -0.15) is 9.57 Å². The maximum absolute atomic E-state index is 13.5. The number of hydrogen-bond acceptors (Lipinski definition) is 7. The molecule has 1 unspecified atom stereocenters. The number of sulfonamides is 1. The van der Waals surface area contributed by atoms with Crippen LogP contribution in [0.5, 0.6) is 11.5 Å². The summed E-state index contributed by atoms with van der Waals surface area (Å²) in [7, 11) is -3.00. The molecule has 2 aromatic carbocycles. The summed E-state index contributed by atoms with van der Waals surface area (Å²) in [6.07, 6.45) is -1.76. The lowest BCUT2D eigenvalue weighted by molar-refractivity contribution is -0.387. The molecule has 1 N–H and O–H groups in total. The maximum Gasteiger partial charge on any atom is 0.320 e. The van der Waals surface area contributed by atoms with Crippen LogP contribution < -0.4 is 4.74 Å². The van der Waals surface area contributed by atoms with Crippen LogP contribution in [0.2, 0.25) is 0 Å². The van der Waals surface area contributed by atoms with Gasteiger partial charge < -0.3 is 9.84 Å². The molecule has 9 nitrogen and oxygen atoms in total. The second kappa shape index (κ2) is 6.03. The van der Waals surface area contributed by atoms with Gasteiger partial charge in [0.1, 0.15) is 11.6 Å². The van der Waals surface area contributed by atoms with Gasteiger partial charge >= 0.3 is 5.69 Å². The van der Waals surface area contributed by atoms with Gasteiger partial charge in [0.2, 0.25) is 15.8 Å². The quantitative estimate of drug-likeness (QED) is 0.637. The van der Waals surface area contributed by atoms with Crippen molar-refractivity contribution in [1.29, 1.82) is 5.26 Å². The molecule has 1 heterocycles. The fraction of sp³-hybridized carbons (Fsp3) is 0.133. The molecule has 0 fully saturated rings. The summed E-state index contributed by atoms with van der Waals surface area (Å²) in [5.74, 6) is -1.37. The number of nitro benzene ring substituents is 1. The summed E-state index contributed by atoms with van der Waals surface area (Å²) in [4.78, 5) is 10.2. The highest BCUT2D eigenvalue weighted by atomic mass is 32.2. The third kappa shape index (κ3) is 2.66. The van der Waals surface area contributed by atoms with E-state index in [9.17, 15) is 28.0 Å². The van der Waals surface area contributed by atoms with E-state index in [1.807, 2.05) is 0 Å². The normalized spacial score (nSPS) is 18.2. The molecule has 1 aliphatic heterocycles. The Morgan fingerprint density at radius 3 is 2.69 bits per heavy atom. The molecule has 0 radical (unpaired) electrons. The Hall–Kier alpha value is -3.07. The van der Waals surface area contributed by atoms with Crippen LogP contribution in [0.25, 0.3) is 0 Å². The Morgan fingerprint density at radius 2 is 2.08 bits per heavy atom. The molecule has 0 aromatic heterocycles. The van der Waals surface area contributed by atoms with E-state index >= 15 is 0 Å². The van der Waals surface area contributed by atoms with Gasteiger partial charge in [-0.1, -0.05) is 0 Å². The van der Waals surface area contributed by atoms with Crippen LogP contribution in [-0.4, -0.2) is 29.8 Å². The van der Waals surface area contributed by atoms with E-state index in [2.05, 4.69) is 0 Å². The number of aliphatic hydroxyl groups is 1. The molecule has 0 saturated heterocycles. The summed E-state index contributed by atoms with van der Waals surface area (Å²) < 4.78 is 43.8. The zero-order valence-corrected chi connectivity index (χ0v) is 13.9. The molecule has 2 aromatic rings. The number of benzene rings is 2. The van der Waals surface area contributed by atoms with Gasteiger partial charge in [-0.3, -0.25) is 10.1 Å². The standard InChI is InChI=1S/C15H10FN3O6S/c1-18-15(20)13-12(26(18,23)24)3-2-11(14(13)19(21)22)25-10-5-8(7-17)4-9(16)6-10/h2-6,15,20H,1H3. The van der Waals surface area contributed by atoms with Crippen molar-refractivity contribution in [2.45, 2.75) is 11.1 Å².